The summed E-state index contributed by atoms with van der Waals surface area (Å²) in [6.45, 7) is 24.9. The third-order valence-electron chi connectivity index (χ3n) is 23.5. The summed E-state index contributed by atoms with van der Waals surface area (Å²) in [4.78, 5) is 8.26. The highest BCUT2D eigenvalue weighted by molar-refractivity contribution is 7.00. The summed E-state index contributed by atoms with van der Waals surface area (Å²) >= 11 is 0. The van der Waals surface area contributed by atoms with Gasteiger partial charge in [-0.3, -0.25) is 0 Å². The van der Waals surface area contributed by atoms with Gasteiger partial charge >= 0.3 is 0 Å². The molecule has 88 heavy (non-hydrogen) atoms. The SMILES string of the molecule is CC1(C)CCC(C)(C)c2cc3c(cc21)B1c2cc4c(cc2N(c2cccc5oc6ccccc6c25)c2cc(N5c6ccc(-c7ccccc7)cc6C6(C)CCCCC56C)cc(c21)N3c1cccc2oc3ccccc3c12)C(C)(C)c1ccccc1C4(C)C. The third kappa shape index (κ3) is 6.74. The van der Waals surface area contributed by atoms with Crippen LogP contribution in [-0.2, 0) is 27.1 Å². The summed E-state index contributed by atoms with van der Waals surface area (Å²) < 4.78 is 13.8. The highest BCUT2D eigenvalue weighted by Gasteiger charge is 2.59. The Labute approximate surface area is 517 Å². The van der Waals surface area contributed by atoms with Crippen LogP contribution in [0.15, 0.2) is 203 Å². The van der Waals surface area contributed by atoms with E-state index in [-0.39, 0.29) is 39.3 Å². The lowest BCUT2D eigenvalue weighted by Gasteiger charge is -2.52. The fraction of sp³-hybridized carbons (Fsp3) is 0.268. The number of benzene rings is 10. The van der Waals surface area contributed by atoms with Crippen LogP contribution in [0.25, 0.3) is 55.0 Å². The molecule has 1 saturated carbocycles. The number of para-hydroxylation sites is 2. The average molecular weight is 1140 g/mol. The molecule has 0 saturated heterocycles. The Morgan fingerprint density at radius 2 is 0.841 bits per heavy atom. The highest BCUT2D eigenvalue weighted by atomic mass is 16.3. The molecule has 0 amide bonds. The van der Waals surface area contributed by atoms with Crippen LogP contribution in [-0.4, -0.2) is 12.3 Å². The second-order valence-electron chi connectivity index (χ2n) is 29.7. The molecule has 3 aliphatic carbocycles. The first-order valence-corrected chi connectivity index (χ1v) is 32.4. The Morgan fingerprint density at radius 3 is 1.43 bits per heavy atom. The molecule has 10 aromatic carbocycles. The van der Waals surface area contributed by atoms with Crippen molar-refractivity contribution in [3.8, 4) is 11.1 Å². The minimum Gasteiger partial charge on any atom is -0.456 e. The molecule has 0 N–H and O–H groups in total. The fourth-order valence-corrected chi connectivity index (χ4v) is 18.5. The molecule has 5 nitrogen and oxygen atoms in total. The standard InChI is InChI=1S/C82H74BN3O2/c1-77(2)40-41-78(3,4)57-47-66-61(45-56(57)77)83-62-46-58-59(80(7,8)55-29-17-16-28-54(55)79(58,5)6)48-67(62)85(65-31-23-35-73-75(65)53-27-15-19-33-71(53)88-73)69-44-51(43-68(76(69)83)84(66)64-30-22-34-72-74(64)52-26-14-18-32-70(52)87-72)86-63-37-36-50(49-24-12-11-13-25-49)42-60(63)81(9)38-20-21-39-82(81,86)10/h11-19,22-37,42-48H,20-21,38-41H2,1-10H3. The molecule has 0 radical (unpaired) electrons. The smallest absolute Gasteiger partial charge is 0.252 e. The van der Waals surface area contributed by atoms with Crippen molar-refractivity contribution in [2.75, 3.05) is 14.7 Å². The van der Waals surface area contributed by atoms with Gasteiger partial charge in [0.25, 0.3) is 6.71 Å². The van der Waals surface area contributed by atoms with Crippen molar-refractivity contribution < 1.29 is 8.83 Å². The summed E-state index contributed by atoms with van der Waals surface area (Å²) in [5.74, 6) is 0. The molecule has 0 spiro atoms. The molecule has 0 bridgehead atoms. The van der Waals surface area contributed by atoms with Crippen LogP contribution in [0.3, 0.4) is 0 Å². The maximum absolute atomic E-state index is 6.92. The van der Waals surface area contributed by atoms with E-state index in [0.717, 1.165) is 80.9 Å². The molecule has 432 valence electrons. The van der Waals surface area contributed by atoms with Crippen LogP contribution >= 0.6 is 0 Å². The predicted molar refractivity (Wildman–Crippen MR) is 369 cm³/mol. The topological polar surface area (TPSA) is 36.0 Å². The number of nitrogens with zero attached hydrogens (tertiary/aromatic N) is 3. The predicted octanol–water partition coefficient (Wildman–Crippen LogP) is 20.3. The maximum Gasteiger partial charge on any atom is 0.252 e. The van der Waals surface area contributed by atoms with Crippen molar-refractivity contribution in [2.24, 2.45) is 0 Å². The van der Waals surface area contributed by atoms with E-state index in [1.165, 1.54) is 113 Å². The summed E-state index contributed by atoms with van der Waals surface area (Å²) in [6.07, 6.45) is 6.80. The van der Waals surface area contributed by atoms with E-state index in [0.29, 0.717) is 0 Å². The average Bonchev–Trinajstić information content (AvgIpc) is 0.902. The number of rotatable bonds is 4. The Bertz CT molecular complexity index is 5020. The number of hydrogen-bond donors (Lipinski definition) is 0. The van der Waals surface area contributed by atoms with Crippen LogP contribution < -0.4 is 31.1 Å². The van der Waals surface area contributed by atoms with Crippen molar-refractivity contribution in [3.05, 3.63) is 233 Å². The normalized spacial score (nSPS) is 21.2. The largest absolute Gasteiger partial charge is 0.456 e. The molecule has 1 fully saturated rings. The zero-order valence-corrected chi connectivity index (χ0v) is 52.5. The number of anilines is 8. The van der Waals surface area contributed by atoms with Gasteiger partial charge in [0.15, 0.2) is 0 Å². The first-order valence-electron chi connectivity index (χ1n) is 32.4. The monoisotopic (exact) mass is 1140 g/mol. The minimum absolute atomic E-state index is 0.0445. The second-order valence-corrected chi connectivity index (χ2v) is 29.7. The number of hydrogen-bond acceptors (Lipinski definition) is 5. The Kier molecular flexibility index (Phi) is 10.4. The van der Waals surface area contributed by atoms with E-state index in [1.807, 2.05) is 0 Å². The lowest BCUT2D eigenvalue weighted by atomic mass is 9.32. The summed E-state index contributed by atoms with van der Waals surface area (Å²) in [5, 5.41) is 4.49. The van der Waals surface area contributed by atoms with Gasteiger partial charge in [0.05, 0.1) is 27.7 Å². The van der Waals surface area contributed by atoms with E-state index in [9.17, 15) is 0 Å². The molecule has 6 heteroatoms. The molecule has 6 aliphatic rings. The Morgan fingerprint density at radius 1 is 0.352 bits per heavy atom. The molecule has 18 rings (SSSR count). The zero-order chi connectivity index (χ0) is 59.8. The van der Waals surface area contributed by atoms with Crippen molar-refractivity contribution in [1.29, 1.82) is 0 Å². The second kappa shape index (κ2) is 17.5. The summed E-state index contributed by atoms with van der Waals surface area (Å²) in [6, 6.07) is 74.6. The van der Waals surface area contributed by atoms with Gasteiger partial charge < -0.3 is 23.5 Å². The molecule has 12 aromatic rings. The van der Waals surface area contributed by atoms with E-state index in [1.54, 1.807) is 0 Å². The quantitative estimate of drug-likeness (QED) is 0.164. The molecular formula is C82H74BN3O2. The van der Waals surface area contributed by atoms with Crippen molar-refractivity contribution in [1.82, 2.24) is 0 Å². The van der Waals surface area contributed by atoms with Gasteiger partial charge in [0.2, 0.25) is 0 Å². The highest BCUT2D eigenvalue weighted by Crippen LogP contribution is 2.63. The van der Waals surface area contributed by atoms with Gasteiger partial charge in [-0.25, -0.2) is 0 Å². The lowest BCUT2D eigenvalue weighted by molar-refractivity contribution is 0.195. The van der Waals surface area contributed by atoms with Crippen molar-refractivity contribution in [3.63, 3.8) is 0 Å². The van der Waals surface area contributed by atoms with Crippen LogP contribution in [0.1, 0.15) is 147 Å². The number of furan rings is 2. The van der Waals surface area contributed by atoms with Gasteiger partial charge in [0, 0.05) is 61.1 Å². The van der Waals surface area contributed by atoms with Gasteiger partial charge in [-0.2, -0.15) is 0 Å². The molecule has 5 heterocycles. The Hall–Kier alpha value is -8.74. The molecular weight excluding hydrogens is 1070 g/mol. The third-order valence-corrected chi connectivity index (χ3v) is 23.5. The van der Waals surface area contributed by atoms with Crippen LogP contribution in [0.5, 0.6) is 0 Å². The van der Waals surface area contributed by atoms with E-state index in [2.05, 4.69) is 278 Å². The van der Waals surface area contributed by atoms with E-state index in [4.69, 9.17) is 8.83 Å². The van der Waals surface area contributed by atoms with Crippen molar-refractivity contribution >= 4 is 112 Å². The first-order chi connectivity index (χ1) is 42.4. The van der Waals surface area contributed by atoms with Gasteiger partial charge in [-0.05, 0) is 183 Å². The minimum atomic E-state index is -0.302. The Balaban J connectivity index is 1.03. The van der Waals surface area contributed by atoms with Crippen molar-refractivity contribution in [2.45, 2.75) is 140 Å². The fourth-order valence-electron chi connectivity index (χ4n) is 18.5. The first kappa shape index (κ1) is 52.4. The van der Waals surface area contributed by atoms with Gasteiger partial charge in [-0.15, -0.1) is 0 Å². The zero-order valence-electron chi connectivity index (χ0n) is 52.5. The summed E-state index contributed by atoms with van der Waals surface area (Å²) in [7, 11) is 0. The maximum atomic E-state index is 6.92. The molecule has 3 aliphatic heterocycles. The van der Waals surface area contributed by atoms with Gasteiger partial charge in [0.1, 0.15) is 22.3 Å². The van der Waals surface area contributed by atoms with Gasteiger partial charge in [-0.1, -0.05) is 196 Å². The summed E-state index contributed by atoms with van der Waals surface area (Å²) in [5.41, 5.74) is 28.6. The van der Waals surface area contributed by atoms with Crippen LogP contribution in [0, 0.1) is 0 Å². The van der Waals surface area contributed by atoms with Crippen LogP contribution in [0.2, 0.25) is 0 Å². The van der Waals surface area contributed by atoms with Crippen LogP contribution in [0.4, 0.5) is 45.5 Å². The number of fused-ring (bicyclic) bond motifs is 16. The molecule has 2 unspecified atom stereocenters. The molecule has 2 aromatic heterocycles. The molecule has 2 atom stereocenters. The van der Waals surface area contributed by atoms with E-state index >= 15 is 0 Å². The lowest BCUT2D eigenvalue weighted by Crippen LogP contribution is -2.62. The van der Waals surface area contributed by atoms with E-state index < -0.39 is 0 Å².